The second kappa shape index (κ2) is 5.57. The van der Waals surface area contributed by atoms with E-state index in [1.807, 2.05) is 22.7 Å². The van der Waals surface area contributed by atoms with Crippen LogP contribution >= 0.6 is 11.3 Å². The van der Waals surface area contributed by atoms with E-state index in [-0.39, 0.29) is 0 Å². The first kappa shape index (κ1) is 14.8. The molecule has 22 heavy (non-hydrogen) atoms. The number of fused-ring (bicyclic) bond motifs is 1. The second-order valence-electron chi connectivity index (χ2n) is 5.93. The highest BCUT2D eigenvalue weighted by atomic mass is 32.1. The maximum Gasteiger partial charge on any atom is 0.347 e. The lowest BCUT2D eigenvalue weighted by Gasteiger charge is -2.05. The first-order chi connectivity index (χ1) is 10.5. The molecule has 0 amide bonds. The van der Waals surface area contributed by atoms with E-state index in [0.29, 0.717) is 10.8 Å². The summed E-state index contributed by atoms with van der Waals surface area (Å²) in [6.07, 6.45) is 2.67. The highest BCUT2D eigenvalue weighted by Gasteiger charge is 2.20. The van der Waals surface area contributed by atoms with E-state index in [0.717, 1.165) is 28.3 Å². The molecular weight excluding hydrogens is 296 g/mol. The van der Waals surface area contributed by atoms with Gasteiger partial charge in [-0.05, 0) is 19.3 Å². The zero-order chi connectivity index (χ0) is 15.9. The van der Waals surface area contributed by atoms with Crippen LogP contribution in [0, 0.1) is 12.8 Å². The lowest BCUT2D eigenvalue weighted by atomic mass is 10.1. The topological polar surface area (TPSA) is 54.6 Å². The highest BCUT2D eigenvalue weighted by Crippen LogP contribution is 2.29. The molecule has 0 radical (unpaired) electrons. The molecule has 1 aromatic carbocycles. The van der Waals surface area contributed by atoms with Crippen molar-refractivity contribution < 1.29 is 9.90 Å². The van der Waals surface area contributed by atoms with E-state index in [9.17, 15) is 9.90 Å². The van der Waals surface area contributed by atoms with E-state index in [2.05, 4.69) is 37.9 Å². The minimum absolute atomic E-state index is 0.390. The molecule has 0 unspecified atom stereocenters. The van der Waals surface area contributed by atoms with Crippen LogP contribution in [0.5, 0.6) is 0 Å². The summed E-state index contributed by atoms with van der Waals surface area (Å²) in [4.78, 5) is 17.2. The predicted molar refractivity (Wildman–Crippen MR) is 88.7 cm³/mol. The molecule has 0 spiro atoms. The Morgan fingerprint density at radius 1 is 1.32 bits per heavy atom. The summed E-state index contributed by atoms with van der Waals surface area (Å²) >= 11 is 1.24. The lowest BCUT2D eigenvalue weighted by molar-refractivity contribution is 0.0700. The number of aromatic carboxylic acids is 1. The van der Waals surface area contributed by atoms with Gasteiger partial charge in [-0.15, -0.1) is 0 Å². The molecule has 5 heteroatoms. The Kier molecular flexibility index (Phi) is 3.74. The molecular formula is C17H18N2O2S. The third-order valence-corrected chi connectivity index (χ3v) is 4.65. The first-order valence-electron chi connectivity index (χ1n) is 7.27. The molecule has 114 valence electrons. The third-order valence-electron chi connectivity index (χ3n) is 3.56. The van der Waals surface area contributed by atoms with Crippen molar-refractivity contribution in [2.45, 2.75) is 27.2 Å². The number of aryl methyl sites for hydroxylation is 1. The van der Waals surface area contributed by atoms with Crippen LogP contribution in [-0.4, -0.2) is 20.5 Å². The fourth-order valence-corrected chi connectivity index (χ4v) is 3.47. The highest BCUT2D eigenvalue weighted by molar-refractivity contribution is 7.19. The van der Waals surface area contributed by atoms with Gasteiger partial charge in [0.25, 0.3) is 0 Å². The zero-order valence-electron chi connectivity index (χ0n) is 12.8. The van der Waals surface area contributed by atoms with E-state index in [4.69, 9.17) is 0 Å². The Balaban J connectivity index is 2.12. The largest absolute Gasteiger partial charge is 0.477 e. The number of carbonyl (C=O) groups is 1. The van der Waals surface area contributed by atoms with E-state index >= 15 is 0 Å². The molecule has 0 aliphatic carbocycles. The SMILES string of the molecule is Cc1ccc(-c2cn3c(CC(C)C)c(C(=O)O)sc3n2)cc1. The zero-order valence-corrected chi connectivity index (χ0v) is 13.6. The van der Waals surface area contributed by atoms with Gasteiger partial charge in [-0.25, -0.2) is 9.78 Å². The van der Waals surface area contributed by atoms with Crippen molar-refractivity contribution in [2.75, 3.05) is 0 Å². The van der Waals surface area contributed by atoms with Gasteiger partial charge in [0.15, 0.2) is 4.96 Å². The molecule has 0 atom stereocenters. The minimum Gasteiger partial charge on any atom is -0.477 e. The molecule has 3 aromatic rings. The molecule has 0 saturated heterocycles. The van der Waals surface area contributed by atoms with E-state index < -0.39 is 5.97 Å². The molecule has 3 rings (SSSR count). The quantitative estimate of drug-likeness (QED) is 0.782. The fraction of sp³-hybridized carbons (Fsp3) is 0.294. The molecule has 4 nitrogen and oxygen atoms in total. The van der Waals surface area contributed by atoms with Crippen LogP contribution in [0.4, 0.5) is 0 Å². The van der Waals surface area contributed by atoms with Crippen LogP contribution in [-0.2, 0) is 6.42 Å². The van der Waals surface area contributed by atoms with Crippen molar-refractivity contribution in [1.29, 1.82) is 0 Å². The molecule has 1 N–H and O–H groups in total. The summed E-state index contributed by atoms with van der Waals surface area (Å²) in [5.74, 6) is -0.482. The van der Waals surface area contributed by atoms with Crippen LogP contribution in [0.2, 0.25) is 0 Å². The lowest BCUT2D eigenvalue weighted by Crippen LogP contribution is -2.04. The minimum atomic E-state index is -0.872. The van der Waals surface area contributed by atoms with Crippen molar-refractivity contribution in [2.24, 2.45) is 5.92 Å². The number of imidazole rings is 1. The van der Waals surface area contributed by atoms with Crippen molar-refractivity contribution in [3.05, 3.63) is 46.6 Å². The summed E-state index contributed by atoms with van der Waals surface area (Å²) in [6, 6.07) is 8.20. The van der Waals surface area contributed by atoms with Gasteiger partial charge in [0, 0.05) is 17.5 Å². The van der Waals surface area contributed by atoms with Crippen LogP contribution in [0.25, 0.3) is 16.2 Å². The van der Waals surface area contributed by atoms with Crippen LogP contribution in [0.15, 0.2) is 30.5 Å². The number of carboxylic acid groups (broad SMARTS) is 1. The molecule has 0 aliphatic heterocycles. The predicted octanol–water partition coefficient (Wildman–Crippen LogP) is 4.27. The van der Waals surface area contributed by atoms with E-state index in [1.54, 1.807) is 0 Å². The van der Waals surface area contributed by atoms with Crippen LogP contribution in [0.1, 0.15) is 34.8 Å². The van der Waals surface area contributed by atoms with Gasteiger partial charge in [-0.2, -0.15) is 0 Å². The van der Waals surface area contributed by atoms with Crippen molar-refractivity contribution in [3.8, 4) is 11.3 Å². The number of thiazole rings is 1. The van der Waals surface area contributed by atoms with Gasteiger partial charge in [0.1, 0.15) is 4.88 Å². The first-order valence-corrected chi connectivity index (χ1v) is 8.08. The Hall–Kier alpha value is -2.14. The van der Waals surface area contributed by atoms with Gasteiger partial charge in [0.2, 0.25) is 0 Å². The summed E-state index contributed by atoms with van der Waals surface area (Å²) in [7, 11) is 0. The number of rotatable bonds is 4. The smallest absolute Gasteiger partial charge is 0.347 e. The molecule has 0 bridgehead atoms. The monoisotopic (exact) mass is 314 g/mol. The number of carboxylic acids is 1. The van der Waals surface area contributed by atoms with Gasteiger partial charge < -0.3 is 5.11 Å². The van der Waals surface area contributed by atoms with Crippen LogP contribution < -0.4 is 0 Å². The molecule has 0 saturated carbocycles. The number of hydrogen-bond donors (Lipinski definition) is 1. The molecule has 2 aromatic heterocycles. The van der Waals surface area contributed by atoms with Gasteiger partial charge in [0.05, 0.1) is 5.69 Å². The fourth-order valence-electron chi connectivity index (χ4n) is 2.50. The standard InChI is InChI=1S/C17H18N2O2S/c1-10(2)8-14-15(16(20)21)22-17-18-13(9-19(14)17)12-6-4-11(3)5-7-12/h4-7,9-10H,8H2,1-3H3,(H,20,21). The van der Waals surface area contributed by atoms with Crippen molar-refractivity contribution >= 4 is 22.3 Å². The van der Waals surface area contributed by atoms with Gasteiger partial charge in [-0.3, -0.25) is 4.40 Å². The number of nitrogens with zero attached hydrogens (tertiary/aromatic N) is 2. The summed E-state index contributed by atoms with van der Waals surface area (Å²) in [6.45, 7) is 6.23. The van der Waals surface area contributed by atoms with Crippen molar-refractivity contribution in [3.63, 3.8) is 0 Å². The van der Waals surface area contributed by atoms with Gasteiger partial charge >= 0.3 is 5.97 Å². The molecule has 0 fully saturated rings. The number of aromatic nitrogens is 2. The summed E-state index contributed by atoms with van der Waals surface area (Å²) < 4.78 is 1.93. The average Bonchev–Trinajstić information content (AvgIpc) is 2.99. The Morgan fingerprint density at radius 3 is 2.59 bits per heavy atom. The Morgan fingerprint density at radius 2 is 2.00 bits per heavy atom. The van der Waals surface area contributed by atoms with E-state index in [1.165, 1.54) is 16.9 Å². The number of hydrogen-bond acceptors (Lipinski definition) is 3. The molecule has 2 heterocycles. The Bertz CT molecular complexity index is 828. The van der Waals surface area contributed by atoms with Crippen LogP contribution in [0.3, 0.4) is 0 Å². The maximum atomic E-state index is 11.4. The summed E-state index contributed by atoms with van der Waals surface area (Å²) in [5.41, 5.74) is 3.98. The second-order valence-corrected chi connectivity index (χ2v) is 6.90. The Labute approximate surface area is 133 Å². The van der Waals surface area contributed by atoms with Crippen molar-refractivity contribution in [1.82, 2.24) is 9.38 Å². The molecule has 0 aliphatic rings. The normalized spacial score (nSPS) is 11.5. The summed E-state index contributed by atoms with van der Waals surface area (Å²) in [5, 5.41) is 9.38. The average molecular weight is 314 g/mol. The maximum absolute atomic E-state index is 11.4. The van der Waals surface area contributed by atoms with Gasteiger partial charge in [-0.1, -0.05) is 55.0 Å². The third kappa shape index (κ3) is 2.64. The number of benzene rings is 1.